The summed E-state index contributed by atoms with van der Waals surface area (Å²) in [5, 5.41) is 0. The minimum atomic E-state index is -0.852. The van der Waals surface area contributed by atoms with E-state index in [2.05, 4.69) is 0 Å². The fourth-order valence-corrected chi connectivity index (χ4v) is 2.85. The van der Waals surface area contributed by atoms with Gasteiger partial charge < -0.3 is 10.5 Å². The van der Waals surface area contributed by atoms with E-state index in [0.29, 0.717) is 18.6 Å². The summed E-state index contributed by atoms with van der Waals surface area (Å²) >= 11 is 0. The lowest BCUT2D eigenvalue weighted by molar-refractivity contribution is 0.259. The van der Waals surface area contributed by atoms with E-state index in [-0.39, 0.29) is 12.0 Å². The molecule has 1 aliphatic heterocycles. The van der Waals surface area contributed by atoms with E-state index in [4.69, 9.17) is 10.5 Å². The van der Waals surface area contributed by atoms with Crippen LogP contribution in [0.25, 0.3) is 0 Å². The number of ether oxygens (including phenoxy) is 1. The fraction of sp³-hybridized carbons (Fsp3) is 0.294. The zero-order valence-electron chi connectivity index (χ0n) is 11.6. The summed E-state index contributed by atoms with van der Waals surface area (Å²) in [6.45, 7) is 0.659. The minimum Gasteiger partial charge on any atom is -0.493 e. The number of fused-ring (bicyclic) bond motifs is 1. The Balaban J connectivity index is 1.79. The van der Waals surface area contributed by atoms with Crippen LogP contribution in [0.15, 0.2) is 42.5 Å². The molecule has 3 rings (SSSR count). The Hall–Kier alpha value is -1.94. The lowest BCUT2D eigenvalue weighted by atomic mass is 9.86. The van der Waals surface area contributed by atoms with Gasteiger partial charge in [-0.05, 0) is 48.1 Å². The molecule has 110 valence electrons. The van der Waals surface area contributed by atoms with Crippen molar-refractivity contribution in [2.75, 3.05) is 6.61 Å². The quantitative estimate of drug-likeness (QED) is 0.929. The number of nitrogens with two attached hydrogens (primary N) is 1. The highest BCUT2D eigenvalue weighted by Gasteiger charge is 2.24. The van der Waals surface area contributed by atoms with Gasteiger partial charge in [0.15, 0.2) is 11.6 Å². The predicted molar refractivity (Wildman–Crippen MR) is 77.2 cm³/mol. The van der Waals surface area contributed by atoms with Crippen molar-refractivity contribution in [1.82, 2.24) is 0 Å². The molecule has 2 N–H and O–H groups in total. The second-order valence-corrected chi connectivity index (χ2v) is 5.39. The standard InChI is InChI=1S/C17H17F2NO/c18-14-6-5-12(9-15(14)19)16(20)10-11-7-8-21-17-4-2-1-3-13(11)17/h1-6,9,11,16H,7-8,10,20H2. The third-order valence-electron chi connectivity index (χ3n) is 3.99. The van der Waals surface area contributed by atoms with Gasteiger partial charge in [-0.2, -0.15) is 0 Å². The first-order valence-corrected chi connectivity index (χ1v) is 7.07. The van der Waals surface area contributed by atoms with Gasteiger partial charge in [-0.15, -0.1) is 0 Å². The Morgan fingerprint density at radius 1 is 1.14 bits per heavy atom. The van der Waals surface area contributed by atoms with Crippen molar-refractivity contribution in [2.24, 2.45) is 5.73 Å². The third kappa shape index (κ3) is 2.90. The number of para-hydroxylation sites is 1. The monoisotopic (exact) mass is 289 g/mol. The SMILES string of the molecule is NC(CC1CCOc2ccccc21)c1ccc(F)c(F)c1. The Morgan fingerprint density at radius 2 is 1.95 bits per heavy atom. The van der Waals surface area contributed by atoms with Crippen LogP contribution in [0.4, 0.5) is 8.78 Å². The molecule has 0 amide bonds. The van der Waals surface area contributed by atoms with E-state index >= 15 is 0 Å². The van der Waals surface area contributed by atoms with Crippen molar-refractivity contribution in [3.63, 3.8) is 0 Å². The lowest BCUT2D eigenvalue weighted by Crippen LogP contribution is -2.20. The fourth-order valence-electron chi connectivity index (χ4n) is 2.85. The molecule has 0 bridgehead atoms. The number of benzene rings is 2. The van der Waals surface area contributed by atoms with E-state index in [1.165, 1.54) is 6.07 Å². The number of hydrogen-bond acceptors (Lipinski definition) is 2. The van der Waals surface area contributed by atoms with Crippen molar-refractivity contribution in [2.45, 2.75) is 24.8 Å². The van der Waals surface area contributed by atoms with Gasteiger partial charge in [0.25, 0.3) is 0 Å². The summed E-state index contributed by atoms with van der Waals surface area (Å²) in [4.78, 5) is 0. The molecule has 21 heavy (non-hydrogen) atoms. The summed E-state index contributed by atoms with van der Waals surface area (Å²) in [7, 11) is 0. The molecule has 0 saturated carbocycles. The van der Waals surface area contributed by atoms with Gasteiger partial charge in [0.05, 0.1) is 6.61 Å². The predicted octanol–water partition coefficient (Wildman–Crippen LogP) is 3.92. The minimum absolute atomic E-state index is 0.276. The Morgan fingerprint density at radius 3 is 2.76 bits per heavy atom. The van der Waals surface area contributed by atoms with Crippen molar-refractivity contribution >= 4 is 0 Å². The average Bonchev–Trinajstić information content (AvgIpc) is 2.50. The molecule has 4 heteroatoms. The molecule has 2 atom stereocenters. The Bertz CT molecular complexity index is 644. The zero-order valence-corrected chi connectivity index (χ0v) is 11.6. The highest BCUT2D eigenvalue weighted by atomic mass is 19.2. The maximum atomic E-state index is 13.3. The molecule has 2 aromatic rings. The second-order valence-electron chi connectivity index (χ2n) is 5.39. The first-order chi connectivity index (χ1) is 10.1. The number of hydrogen-bond donors (Lipinski definition) is 1. The molecule has 2 unspecified atom stereocenters. The van der Waals surface area contributed by atoms with E-state index in [9.17, 15) is 8.78 Å². The van der Waals surface area contributed by atoms with Crippen LogP contribution in [-0.2, 0) is 0 Å². The van der Waals surface area contributed by atoms with Crippen LogP contribution >= 0.6 is 0 Å². The van der Waals surface area contributed by atoms with E-state index in [0.717, 1.165) is 23.8 Å². The van der Waals surface area contributed by atoms with Gasteiger partial charge in [-0.1, -0.05) is 24.3 Å². The molecular weight excluding hydrogens is 272 g/mol. The van der Waals surface area contributed by atoms with Crippen molar-refractivity contribution in [1.29, 1.82) is 0 Å². The van der Waals surface area contributed by atoms with Gasteiger partial charge >= 0.3 is 0 Å². The zero-order chi connectivity index (χ0) is 14.8. The van der Waals surface area contributed by atoms with Crippen molar-refractivity contribution in [3.8, 4) is 5.75 Å². The smallest absolute Gasteiger partial charge is 0.159 e. The molecule has 0 spiro atoms. The molecule has 0 aliphatic carbocycles. The molecule has 1 heterocycles. The van der Waals surface area contributed by atoms with Crippen LogP contribution in [0.1, 0.15) is 35.9 Å². The van der Waals surface area contributed by atoms with E-state index in [1.54, 1.807) is 6.07 Å². The summed E-state index contributed by atoms with van der Waals surface area (Å²) in [5.41, 5.74) is 7.94. The second kappa shape index (κ2) is 5.82. The number of halogens is 2. The molecule has 0 saturated heterocycles. The molecule has 0 aromatic heterocycles. The molecule has 2 nitrogen and oxygen atoms in total. The van der Waals surface area contributed by atoms with Crippen LogP contribution in [0.2, 0.25) is 0 Å². The molecule has 1 aliphatic rings. The first kappa shape index (κ1) is 14.0. The van der Waals surface area contributed by atoms with Gasteiger partial charge in [0, 0.05) is 6.04 Å². The number of rotatable bonds is 3. The van der Waals surface area contributed by atoms with Crippen LogP contribution in [-0.4, -0.2) is 6.61 Å². The Labute approximate surface area is 122 Å². The molecule has 0 radical (unpaired) electrons. The van der Waals surface area contributed by atoms with Gasteiger partial charge in [0.2, 0.25) is 0 Å². The van der Waals surface area contributed by atoms with Crippen molar-refractivity contribution in [3.05, 3.63) is 65.2 Å². The van der Waals surface area contributed by atoms with Crippen LogP contribution in [0.3, 0.4) is 0 Å². The van der Waals surface area contributed by atoms with Crippen molar-refractivity contribution < 1.29 is 13.5 Å². The van der Waals surface area contributed by atoms with Crippen LogP contribution < -0.4 is 10.5 Å². The lowest BCUT2D eigenvalue weighted by Gasteiger charge is -2.28. The van der Waals surface area contributed by atoms with Gasteiger partial charge in [-0.25, -0.2) is 8.78 Å². The summed E-state index contributed by atoms with van der Waals surface area (Å²) in [5.74, 6) is -0.526. The molecule has 2 aromatic carbocycles. The third-order valence-corrected chi connectivity index (χ3v) is 3.99. The van der Waals surface area contributed by atoms with Crippen LogP contribution in [0.5, 0.6) is 5.75 Å². The summed E-state index contributed by atoms with van der Waals surface area (Å²) in [6, 6.07) is 11.4. The van der Waals surface area contributed by atoms with E-state index in [1.807, 2.05) is 24.3 Å². The largest absolute Gasteiger partial charge is 0.493 e. The maximum Gasteiger partial charge on any atom is 0.159 e. The highest BCUT2D eigenvalue weighted by molar-refractivity contribution is 5.38. The average molecular weight is 289 g/mol. The van der Waals surface area contributed by atoms with Crippen LogP contribution in [0, 0.1) is 11.6 Å². The summed E-state index contributed by atoms with van der Waals surface area (Å²) in [6.07, 6.45) is 1.57. The van der Waals surface area contributed by atoms with Gasteiger partial charge in [-0.3, -0.25) is 0 Å². The molecule has 0 fully saturated rings. The Kier molecular flexibility index (Phi) is 3.88. The van der Waals surface area contributed by atoms with E-state index < -0.39 is 11.6 Å². The topological polar surface area (TPSA) is 35.2 Å². The first-order valence-electron chi connectivity index (χ1n) is 7.07. The maximum absolute atomic E-state index is 13.3. The molecular formula is C17H17F2NO. The normalized spacial score (nSPS) is 18.7. The van der Waals surface area contributed by atoms with Gasteiger partial charge in [0.1, 0.15) is 5.75 Å². The highest BCUT2D eigenvalue weighted by Crippen LogP contribution is 2.38. The summed E-state index contributed by atoms with van der Waals surface area (Å²) < 4.78 is 31.9.